The average molecular weight is 278 g/mol. The summed E-state index contributed by atoms with van der Waals surface area (Å²) in [6.07, 6.45) is 4.92. The Morgan fingerprint density at radius 2 is 2.21 bits per heavy atom. The number of aryl methyl sites for hydroxylation is 1. The summed E-state index contributed by atoms with van der Waals surface area (Å²) in [7, 11) is 0. The number of hydrogen-bond donors (Lipinski definition) is 1. The summed E-state index contributed by atoms with van der Waals surface area (Å²) < 4.78 is 2.08. The topological polar surface area (TPSA) is 29.9 Å². The van der Waals surface area contributed by atoms with Gasteiger partial charge in [0, 0.05) is 30.7 Å². The molecule has 19 heavy (non-hydrogen) atoms. The molecule has 0 saturated carbocycles. The molecule has 1 N–H and O–H groups in total. The summed E-state index contributed by atoms with van der Waals surface area (Å²) in [5.74, 6) is 0. The van der Waals surface area contributed by atoms with Crippen LogP contribution in [0.25, 0.3) is 0 Å². The van der Waals surface area contributed by atoms with Gasteiger partial charge in [-0.2, -0.15) is 0 Å². The maximum absolute atomic E-state index is 6.24. The van der Waals surface area contributed by atoms with Crippen LogP contribution >= 0.6 is 11.6 Å². The standard InChI is InChI=1S/C15H20ClN3/c1-3-17-7-6-14-10-19(11-18-14)9-13-5-4-12(2)8-15(13)16/h4-5,8,10-11,17H,3,6-7,9H2,1-2H3. The van der Waals surface area contributed by atoms with E-state index in [-0.39, 0.29) is 0 Å². The molecule has 0 atom stereocenters. The van der Waals surface area contributed by atoms with Crippen LogP contribution in [0.4, 0.5) is 0 Å². The second-order valence-electron chi connectivity index (χ2n) is 4.74. The summed E-state index contributed by atoms with van der Waals surface area (Å²) >= 11 is 6.24. The Kier molecular flexibility index (Phi) is 5.00. The van der Waals surface area contributed by atoms with E-state index in [1.807, 2.05) is 19.3 Å². The maximum atomic E-state index is 6.24. The van der Waals surface area contributed by atoms with Crippen LogP contribution in [-0.2, 0) is 13.0 Å². The van der Waals surface area contributed by atoms with Gasteiger partial charge < -0.3 is 9.88 Å². The van der Waals surface area contributed by atoms with E-state index in [0.717, 1.165) is 42.3 Å². The quantitative estimate of drug-likeness (QED) is 0.823. The highest BCUT2D eigenvalue weighted by atomic mass is 35.5. The summed E-state index contributed by atoms with van der Waals surface area (Å²) in [4.78, 5) is 4.41. The molecule has 0 aliphatic heterocycles. The van der Waals surface area contributed by atoms with Crippen molar-refractivity contribution < 1.29 is 0 Å². The number of likely N-dealkylation sites (N-methyl/N-ethyl adjacent to an activating group) is 1. The van der Waals surface area contributed by atoms with E-state index < -0.39 is 0 Å². The molecule has 2 rings (SSSR count). The lowest BCUT2D eigenvalue weighted by molar-refractivity contribution is 0.708. The fraction of sp³-hybridized carbons (Fsp3) is 0.400. The Hall–Kier alpha value is -1.32. The van der Waals surface area contributed by atoms with E-state index in [1.165, 1.54) is 5.56 Å². The van der Waals surface area contributed by atoms with Gasteiger partial charge in [0.1, 0.15) is 0 Å². The van der Waals surface area contributed by atoms with Crippen LogP contribution in [0.2, 0.25) is 5.02 Å². The molecule has 0 bridgehead atoms. The molecule has 0 radical (unpaired) electrons. The third kappa shape index (κ3) is 4.08. The molecule has 0 saturated heterocycles. The molecule has 102 valence electrons. The van der Waals surface area contributed by atoms with Crippen LogP contribution in [0.15, 0.2) is 30.7 Å². The van der Waals surface area contributed by atoms with Crippen LogP contribution in [-0.4, -0.2) is 22.6 Å². The third-order valence-corrected chi connectivity index (χ3v) is 3.41. The van der Waals surface area contributed by atoms with Crippen molar-refractivity contribution in [2.45, 2.75) is 26.8 Å². The average Bonchev–Trinajstić information content (AvgIpc) is 2.81. The van der Waals surface area contributed by atoms with Crippen LogP contribution < -0.4 is 5.32 Å². The fourth-order valence-electron chi connectivity index (χ4n) is 1.99. The predicted molar refractivity (Wildman–Crippen MR) is 79.8 cm³/mol. The van der Waals surface area contributed by atoms with Crippen molar-refractivity contribution in [2.24, 2.45) is 0 Å². The molecule has 0 spiro atoms. The SMILES string of the molecule is CCNCCc1cn(Cc2ccc(C)cc2Cl)cn1. The van der Waals surface area contributed by atoms with Crippen molar-refractivity contribution in [3.05, 3.63) is 52.6 Å². The Balaban J connectivity index is 1.99. The second kappa shape index (κ2) is 6.73. The summed E-state index contributed by atoms with van der Waals surface area (Å²) in [5.41, 5.74) is 3.43. The minimum Gasteiger partial charge on any atom is -0.333 e. The largest absolute Gasteiger partial charge is 0.333 e. The van der Waals surface area contributed by atoms with Gasteiger partial charge in [0.05, 0.1) is 12.0 Å². The van der Waals surface area contributed by atoms with E-state index in [1.54, 1.807) is 0 Å². The van der Waals surface area contributed by atoms with Crippen molar-refractivity contribution in [1.29, 1.82) is 0 Å². The zero-order valence-electron chi connectivity index (χ0n) is 11.5. The lowest BCUT2D eigenvalue weighted by Gasteiger charge is -2.06. The zero-order valence-corrected chi connectivity index (χ0v) is 12.2. The van der Waals surface area contributed by atoms with E-state index in [9.17, 15) is 0 Å². The highest BCUT2D eigenvalue weighted by Gasteiger charge is 2.03. The van der Waals surface area contributed by atoms with Gasteiger partial charge in [0.2, 0.25) is 0 Å². The van der Waals surface area contributed by atoms with Crippen molar-refractivity contribution >= 4 is 11.6 Å². The van der Waals surface area contributed by atoms with Gasteiger partial charge in [-0.15, -0.1) is 0 Å². The number of benzene rings is 1. The van der Waals surface area contributed by atoms with Gasteiger partial charge in [-0.1, -0.05) is 30.7 Å². The summed E-state index contributed by atoms with van der Waals surface area (Å²) in [6.45, 7) is 6.90. The normalized spacial score (nSPS) is 10.9. The summed E-state index contributed by atoms with van der Waals surface area (Å²) in [5, 5.41) is 4.12. The van der Waals surface area contributed by atoms with Crippen molar-refractivity contribution in [3.8, 4) is 0 Å². The second-order valence-corrected chi connectivity index (χ2v) is 5.14. The molecule has 0 aliphatic rings. The minimum atomic E-state index is 0.771. The molecule has 1 aromatic heterocycles. The number of aromatic nitrogens is 2. The van der Waals surface area contributed by atoms with E-state index in [2.05, 4.69) is 40.1 Å². The molecule has 0 unspecified atom stereocenters. The van der Waals surface area contributed by atoms with Gasteiger partial charge in [0.15, 0.2) is 0 Å². The number of nitrogens with one attached hydrogen (secondary N) is 1. The van der Waals surface area contributed by atoms with Gasteiger partial charge >= 0.3 is 0 Å². The molecule has 2 aromatic rings. The Morgan fingerprint density at radius 3 is 2.95 bits per heavy atom. The molecule has 1 aromatic carbocycles. The third-order valence-electron chi connectivity index (χ3n) is 3.06. The van der Waals surface area contributed by atoms with Crippen molar-refractivity contribution in [1.82, 2.24) is 14.9 Å². The van der Waals surface area contributed by atoms with Gasteiger partial charge in [-0.25, -0.2) is 4.98 Å². The molecule has 1 heterocycles. The summed E-state index contributed by atoms with van der Waals surface area (Å²) in [6, 6.07) is 6.17. The van der Waals surface area contributed by atoms with Crippen LogP contribution in [0, 0.1) is 6.92 Å². The molecule has 4 heteroatoms. The Bertz CT molecular complexity index is 534. The van der Waals surface area contributed by atoms with E-state index in [4.69, 9.17) is 11.6 Å². The van der Waals surface area contributed by atoms with Crippen LogP contribution in [0.5, 0.6) is 0 Å². The molecular weight excluding hydrogens is 258 g/mol. The monoisotopic (exact) mass is 277 g/mol. The first-order valence-electron chi connectivity index (χ1n) is 6.65. The molecular formula is C15H20ClN3. The first-order chi connectivity index (χ1) is 9.19. The number of nitrogens with zero attached hydrogens (tertiary/aromatic N) is 2. The maximum Gasteiger partial charge on any atom is 0.0952 e. The van der Waals surface area contributed by atoms with E-state index in [0.29, 0.717) is 0 Å². The van der Waals surface area contributed by atoms with Gasteiger partial charge in [0.25, 0.3) is 0 Å². The van der Waals surface area contributed by atoms with Crippen LogP contribution in [0.1, 0.15) is 23.7 Å². The first kappa shape index (κ1) is 14.1. The molecule has 0 fully saturated rings. The van der Waals surface area contributed by atoms with Gasteiger partial charge in [-0.05, 0) is 30.7 Å². The molecule has 3 nitrogen and oxygen atoms in total. The smallest absolute Gasteiger partial charge is 0.0952 e. The van der Waals surface area contributed by atoms with Crippen molar-refractivity contribution in [2.75, 3.05) is 13.1 Å². The molecule has 0 aliphatic carbocycles. The highest BCUT2D eigenvalue weighted by Crippen LogP contribution is 2.18. The van der Waals surface area contributed by atoms with E-state index >= 15 is 0 Å². The predicted octanol–water partition coefficient (Wildman–Crippen LogP) is 3.05. The van der Waals surface area contributed by atoms with Crippen molar-refractivity contribution in [3.63, 3.8) is 0 Å². The van der Waals surface area contributed by atoms with Gasteiger partial charge in [-0.3, -0.25) is 0 Å². The number of imidazole rings is 1. The Morgan fingerprint density at radius 1 is 1.37 bits per heavy atom. The number of hydrogen-bond acceptors (Lipinski definition) is 2. The molecule has 0 amide bonds. The minimum absolute atomic E-state index is 0.771. The zero-order chi connectivity index (χ0) is 13.7. The highest BCUT2D eigenvalue weighted by molar-refractivity contribution is 6.31. The lowest BCUT2D eigenvalue weighted by Crippen LogP contribution is -2.16. The lowest BCUT2D eigenvalue weighted by atomic mass is 10.1. The number of rotatable bonds is 6. The fourth-order valence-corrected chi connectivity index (χ4v) is 2.29. The van der Waals surface area contributed by atoms with Crippen LogP contribution in [0.3, 0.4) is 0 Å². The first-order valence-corrected chi connectivity index (χ1v) is 7.03. The number of halogens is 1. The Labute approximate surface area is 119 Å².